The van der Waals surface area contributed by atoms with Crippen LogP contribution in [0.2, 0.25) is 0 Å². The minimum atomic E-state index is -0.151. The van der Waals surface area contributed by atoms with E-state index in [-0.39, 0.29) is 17.2 Å². The molecule has 0 aliphatic carbocycles. The minimum Gasteiger partial charge on any atom is -0.508 e. The molecule has 4 N–H and O–H groups in total. The van der Waals surface area contributed by atoms with Crippen LogP contribution in [0.4, 0.5) is 0 Å². The maximum Gasteiger partial charge on any atom is 0.216 e. The Hall–Kier alpha value is -2.83. The second-order valence-electron chi connectivity index (χ2n) is 3.62. The van der Waals surface area contributed by atoms with Gasteiger partial charge < -0.3 is 20.8 Å². The smallest absolute Gasteiger partial charge is 0.216 e. The predicted molar refractivity (Wildman–Crippen MR) is 68.2 cm³/mol. The lowest BCUT2D eigenvalue weighted by Gasteiger charge is -2.08. The van der Waals surface area contributed by atoms with Crippen molar-refractivity contribution < 1.29 is 14.9 Å². The van der Waals surface area contributed by atoms with Crippen molar-refractivity contribution in [3.8, 4) is 17.4 Å². The first kappa shape index (κ1) is 12.6. The molecule has 0 fully saturated rings. The van der Waals surface area contributed by atoms with Crippen LogP contribution in [0.5, 0.6) is 17.4 Å². The molecule has 0 bridgehead atoms. The quantitative estimate of drug-likeness (QED) is 0.423. The van der Waals surface area contributed by atoms with Gasteiger partial charge in [-0.1, -0.05) is 0 Å². The van der Waals surface area contributed by atoms with Crippen LogP contribution in [0.15, 0.2) is 35.7 Å². The number of benzene rings is 1. The molecule has 1 aromatic carbocycles. The Morgan fingerprint density at radius 3 is 2.68 bits per heavy atom. The van der Waals surface area contributed by atoms with Gasteiger partial charge in [-0.05, 0) is 12.1 Å². The largest absolute Gasteiger partial charge is 0.508 e. The van der Waals surface area contributed by atoms with Gasteiger partial charge in [-0.3, -0.25) is 0 Å². The first-order valence-corrected chi connectivity index (χ1v) is 5.32. The normalized spacial score (nSPS) is 11.3. The van der Waals surface area contributed by atoms with Crippen LogP contribution in [0.3, 0.4) is 0 Å². The molecule has 19 heavy (non-hydrogen) atoms. The van der Waals surface area contributed by atoms with Gasteiger partial charge in [0, 0.05) is 17.7 Å². The Morgan fingerprint density at radius 2 is 2.05 bits per heavy atom. The zero-order valence-corrected chi connectivity index (χ0v) is 10.1. The van der Waals surface area contributed by atoms with Crippen molar-refractivity contribution in [1.29, 1.82) is 0 Å². The lowest BCUT2D eigenvalue weighted by atomic mass is 10.1. The third-order valence-corrected chi connectivity index (χ3v) is 2.46. The van der Waals surface area contributed by atoms with Crippen molar-refractivity contribution in [1.82, 2.24) is 9.97 Å². The van der Waals surface area contributed by atoms with E-state index in [0.29, 0.717) is 17.1 Å². The summed E-state index contributed by atoms with van der Waals surface area (Å²) in [6, 6.07) is 5.64. The summed E-state index contributed by atoms with van der Waals surface area (Å²) in [7, 11) is 1.48. The summed E-state index contributed by atoms with van der Waals surface area (Å²) in [6.07, 6.45) is 1.30. The van der Waals surface area contributed by atoms with Crippen molar-refractivity contribution in [3.05, 3.63) is 41.9 Å². The maximum absolute atomic E-state index is 9.81. The van der Waals surface area contributed by atoms with Gasteiger partial charge in [0.05, 0.1) is 12.8 Å². The Bertz CT molecular complexity index is 628. The molecule has 7 nitrogen and oxygen atoms in total. The number of nitrogens with two attached hydrogens (primary N) is 1. The fraction of sp³-hybridized carbons (Fsp3) is 0.0833. The van der Waals surface area contributed by atoms with Gasteiger partial charge in [-0.25, -0.2) is 9.97 Å². The molecule has 0 amide bonds. The number of aromatic hydroxyl groups is 2. The van der Waals surface area contributed by atoms with Crippen molar-refractivity contribution in [3.63, 3.8) is 0 Å². The van der Waals surface area contributed by atoms with E-state index in [1.807, 2.05) is 0 Å². The average molecular weight is 260 g/mol. The monoisotopic (exact) mass is 260 g/mol. The van der Waals surface area contributed by atoms with E-state index in [0.717, 1.165) is 0 Å². The number of phenolic OH excluding ortho intramolecular Hbond substituents is 2. The molecular weight excluding hydrogens is 248 g/mol. The Kier molecular flexibility index (Phi) is 3.46. The number of hydrazone groups is 1. The van der Waals surface area contributed by atoms with Crippen LogP contribution >= 0.6 is 0 Å². The van der Waals surface area contributed by atoms with Gasteiger partial charge in [-0.2, -0.15) is 5.10 Å². The highest BCUT2D eigenvalue weighted by atomic mass is 16.5. The van der Waals surface area contributed by atoms with Crippen molar-refractivity contribution >= 4 is 5.71 Å². The van der Waals surface area contributed by atoms with Gasteiger partial charge in [0.2, 0.25) is 5.88 Å². The first-order valence-electron chi connectivity index (χ1n) is 5.32. The summed E-state index contributed by atoms with van der Waals surface area (Å²) in [6.45, 7) is 0. The van der Waals surface area contributed by atoms with Crippen LogP contribution < -0.4 is 10.6 Å². The number of hydrogen-bond donors (Lipinski definition) is 3. The molecule has 7 heteroatoms. The molecule has 0 unspecified atom stereocenters. The summed E-state index contributed by atoms with van der Waals surface area (Å²) in [5.74, 6) is 5.49. The van der Waals surface area contributed by atoms with Crippen molar-refractivity contribution in [2.75, 3.05) is 7.11 Å². The summed E-state index contributed by atoms with van der Waals surface area (Å²) in [5.41, 5.74) is 1.01. The number of hydrogen-bond acceptors (Lipinski definition) is 7. The summed E-state index contributed by atoms with van der Waals surface area (Å²) in [4.78, 5) is 7.90. The van der Waals surface area contributed by atoms with E-state index in [2.05, 4.69) is 15.1 Å². The molecule has 0 saturated carbocycles. The van der Waals surface area contributed by atoms with E-state index in [1.165, 1.54) is 37.7 Å². The number of phenols is 2. The van der Waals surface area contributed by atoms with E-state index < -0.39 is 0 Å². The second-order valence-corrected chi connectivity index (χ2v) is 3.62. The number of ether oxygens (including phenoxy) is 1. The molecule has 98 valence electrons. The number of methoxy groups -OCH3 is 1. The third-order valence-electron chi connectivity index (χ3n) is 2.46. The number of rotatable bonds is 3. The molecule has 0 atom stereocenters. The topological polar surface area (TPSA) is 114 Å². The summed E-state index contributed by atoms with van der Waals surface area (Å²) in [5, 5.41) is 22.7. The van der Waals surface area contributed by atoms with Crippen molar-refractivity contribution in [2.45, 2.75) is 0 Å². The molecule has 2 rings (SSSR count). The lowest BCUT2D eigenvalue weighted by Crippen LogP contribution is -2.09. The zero-order valence-electron chi connectivity index (χ0n) is 10.1. The molecule has 1 aromatic heterocycles. The van der Waals surface area contributed by atoms with Crippen LogP contribution in [0.25, 0.3) is 0 Å². The molecule has 0 saturated heterocycles. The molecule has 0 spiro atoms. The average Bonchev–Trinajstić information content (AvgIpc) is 2.42. The Morgan fingerprint density at radius 1 is 1.26 bits per heavy atom. The van der Waals surface area contributed by atoms with Crippen LogP contribution in [-0.2, 0) is 0 Å². The highest BCUT2D eigenvalue weighted by Gasteiger charge is 2.14. The fourth-order valence-corrected chi connectivity index (χ4v) is 1.57. The number of aromatic nitrogens is 2. The van der Waals surface area contributed by atoms with Crippen LogP contribution in [0, 0.1) is 0 Å². The molecule has 1 heterocycles. The summed E-state index contributed by atoms with van der Waals surface area (Å²) < 4.78 is 4.99. The first-order chi connectivity index (χ1) is 9.15. The lowest BCUT2D eigenvalue weighted by molar-refractivity contribution is 0.396. The standard InChI is InChI=1S/C12H12N4O3/c1-19-11-5-9(14-6-15-11)12(16-13)8-3-2-7(17)4-10(8)18/h2-6,17-18H,13H2,1H3/b16-12+. The minimum absolute atomic E-state index is 0.0575. The van der Waals surface area contributed by atoms with Gasteiger partial charge in [-0.15, -0.1) is 0 Å². The van der Waals surface area contributed by atoms with Gasteiger partial charge in [0.15, 0.2) is 0 Å². The predicted octanol–water partition coefficient (Wildman–Crippen LogP) is 0.607. The second kappa shape index (κ2) is 5.21. The zero-order chi connectivity index (χ0) is 13.8. The van der Waals surface area contributed by atoms with Gasteiger partial charge in [0.1, 0.15) is 23.5 Å². The molecule has 0 radical (unpaired) electrons. The third kappa shape index (κ3) is 2.54. The molecule has 2 aromatic rings. The molecule has 0 aliphatic heterocycles. The van der Waals surface area contributed by atoms with Crippen LogP contribution in [-0.4, -0.2) is 33.0 Å². The maximum atomic E-state index is 9.81. The molecular formula is C12H12N4O3. The van der Waals surface area contributed by atoms with E-state index >= 15 is 0 Å². The highest BCUT2D eigenvalue weighted by Crippen LogP contribution is 2.25. The fourth-order valence-electron chi connectivity index (χ4n) is 1.57. The van der Waals surface area contributed by atoms with E-state index in [1.54, 1.807) is 0 Å². The highest BCUT2D eigenvalue weighted by molar-refractivity contribution is 6.13. The van der Waals surface area contributed by atoms with E-state index in [4.69, 9.17) is 10.6 Å². The van der Waals surface area contributed by atoms with Crippen molar-refractivity contribution in [2.24, 2.45) is 10.9 Å². The molecule has 0 aliphatic rings. The Labute approximate surface area is 109 Å². The SMILES string of the molecule is COc1cc(/C(=N/N)c2ccc(O)cc2O)ncn1. The van der Waals surface area contributed by atoms with Gasteiger partial charge in [0.25, 0.3) is 0 Å². The van der Waals surface area contributed by atoms with Gasteiger partial charge >= 0.3 is 0 Å². The van der Waals surface area contributed by atoms with E-state index in [9.17, 15) is 10.2 Å². The number of nitrogens with zero attached hydrogens (tertiary/aromatic N) is 3. The Balaban J connectivity index is 2.50. The summed E-state index contributed by atoms with van der Waals surface area (Å²) >= 11 is 0. The van der Waals surface area contributed by atoms with Crippen LogP contribution in [0.1, 0.15) is 11.3 Å².